The van der Waals surface area contributed by atoms with E-state index in [1.54, 1.807) is 17.5 Å². The monoisotopic (exact) mass is 214 g/mol. The maximum Gasteiger partial charge on any atom is 0.185 e. The van der Waals surface area contributed by atoms with Gasteiger partial charge in [0, 0.05) is 19.8 Å². The molecule has 1 N–H and O–H groups in total. The van der Waals surface area contributed by atoms with Crippen molar-refractivity contribution in [3.8, 4) is 0 Å². The molecule has 1 rings (SSSR count). The van der Waals surface area contributed by atoms with E-state index in [4.69, 9.17) is 5.11 Å². The fourth-order valence-corrected chi connectivity index (χ4v) is 2.06. The third-order valence-electron chi connectivity index (χ3n) is 1.74. The molecule has 14 heavy (non-hydrogen) atoms. The Hall–Kier alpha value is -0.610. The van der Waals surface area contributed by atoms with Crippen molar-refractivity contribution in [3.05, 3.63) is 11.1 Å². The van der Waals surface area contributed by atoms with Gasteiger partial charge in [0.2, 0.25) is 0 Å². The van der Waals surface area contributed by atoms with Crippen molar-refractivity contribution < 1.29 is 5.11 Å². The first-order valence-corrected chi connectivity index (χ1v) is 5.51. The summed E-state index contributed by atoms with van der Waals surface area (Å²) in [6, 6.07) is 0. The summed E-state index contributed by atoms with van der Waals surface area (Å²) < 4.78 is 0. The van der Waals surface area contributed by atoms with Gasteiger partial charge in [-0.2, -0.15) is 0 Å². The maximum atomic E-state index is 8.92. The van der Waals surface area contributed by atoms with E-state index in [0.29, 0.717) is 0 Å². The van der Waals surface area contributed by atoms with Gasteiger partial charge < -0.3 is 10.0 Å². The first-order chi connectivity index (χ1) is 6.42. The van der Waals surface area contributed by atoms with Crippen LogP contribution in [0, 0.1) is 5.41 Å². The van der Waals surface area contributed by atoms with Gasteiger partial charge in [0.15, 0.2) is 5.13 Å². The fourth-order valence-electron chi connectivity index (χ4n) is 1.33. The van der Waals surface area contributed by atoms with Crippen molar-refractivity contribution in [2.24, 2.45) is 5.41 Å². The maximum absolute atomic E-state index is 8.92. The minimum absolute atomic E-state index is 0.0843. The molecule has 0 amide bonds. The van der Waals surface area contributed by atoms with Crippen LogP contribution in [0.5, 0.6) is 0 Å². The van der Waals surface area contributed by atoms with Crippen molar-refractivity contribution in [1.82, 2.24) is 4.98 Å². The number of rotatable bonds is 3. The average Bonchev–Trinajstić information content (AvgIpc) is 2.48. The molecule has 0 saturated carbocycles. The Kier molecular flexibility index (Phi) is 3.50. The largest absolute Gasteiger partial charge is 0.391 e. The molecule has 80 valence electrons. The topological polar surface area (TPSA) is 36.4 Å². The minimum Gasteiger partial charge on any atom is -0.391 e. The number of nitrogens with zero attached hydrogens (tertiary/aromatic N) is 2. The third kappa shape index (κ3) is 3.27. The zero-order valence-corrected chi connectivity index (χ0v) is 10.1. The summed E-state index contributed by atoms with van der Waals surface area (Å²) in [7, 11) is 2.03. The molecule has 3 nitrogen and oxygen atoms in total. The molecule has 1 aromatic heterocycles. The van der Waals surface area contributed by atoms with E-state index in [2.05, 4.69) is 30.7 Å². The predicted octanol–water partition coefficient (Wildman–Crippen LogP) is 2.12. The van der Waals surface area contributed by atoms with Gasteiger partial charge >= 0.3 is 0 Å². The van der Waals surface area contributed by atoms with Gasteiger partial charge in [0.05, 0.1) is 11.5 Å². The third-order valence-corrected chi connectivity index (χ3v) is 2.83. The van der Waals surface area contributed by atoms with E-state index in [1.807, 2.05) is 7.05 Å². The second kappa shape index (κ2) is 4.28. The molecule has 0 atom stereocenters. The van der Waals surface area contributed by atoms with Gasteiger partial charge in [-0.3, -0.25) is 0 Å². The zero-order chi connectivity index (χ0) is 10.8. The summed E-state index contributed by atoms with van der Waals surface area (Å²) in [6.07, 6.45) is 1.74. The number of aliphatic hydroxyl groups excluding tert-OH is 1. The van der Waals surface area contributed by atoms with E-state index in [1.165, 1.54) is 0 Å². The number of hydrogen-bond donors (Lipinski definition) is 1. The van der Waals surface area contributed by atoms with E-state index in [-0.39, 0.29) is 12.0 Å². The molecular formula is C10H18N2OS. The van der Waals surface area contributed by atoms with Gasteiger partial charge in [-0.25, -0.2) is 4.98 Å². The van der Waals surface area contributed by atoms with Crippen LogP contribution in [-0.2, 0) is 6.61 Å². The molecule has 0 aliphatic heterocycles. The lowest BCUT2D eigenvalue weighted by Gasteiger charge is -2.25. The molecule has 4 heteroatoms. The fraction of sp³-hybridized carbons (Fsp3) is 0.700. The van der Waals surface area contributed by atoms with Crippen LogP contribution in [0.3, 0.4) is 0 Å². The highest BCUT2D eigenvalue weighted by Crippen LogP contribution is 2.24. The Morgan fingerprint density at radius 1 is 1.50 bits per heavy atom. The smallest absolute Gasteiger partial charge is 0.185 e. The highest BCUT2D eigenvalue weighted by Gasteiger charge is 2.15. The summed E-state index contributed by atoms with van der Waals surface area (Å²) >= 11 is 1.55. The average molecular weight is 214 g/mol. The number of hydrogen-bond acceptors (Lipinski definition) is 4. The van der Waals surface area contributed by atoms with Gasteiger partial charge in [-0.15, -0.1) is 0 Å². The Labute approximate surface area is 89.4 Å². The van der Waals surface area contributed by atoms with Crippen molar-refractivity contribution in [2.75, 3.05) is 18.5 Å². The molecule has 0 unspecified atom stereocenters. The highest BCUT2D eigenvalue weighted by molar-refractivity contribution is 7.15. The molecule has 0 bridgehead atoms. The molecule has 0 radical (unpaired) electrons. The van der Waals surface area contributed by atoms with Gasteiger partial charge in [-0.05, 0) is 5.41 Å². The van der Waals surface area contributed by atoms with Crippen molar-refractivity contribution in [3.63, 3.8) is 0 Å². The zero-order valence-electron chi connectivity index (χ0n) is 9.24. The Bertz CT molecular complexity index is 291. The van der Waals surface area contributed by atoms with Crippen LogP contribution in [0.2, 0.25) is 0 Å². The molecule has 0 spiro atoms. The van der Waals surface area contributed by atoms with Crippen LogP contribution in [-0.4, -0.2) is 23.7 Å². The molecular weight excluding hydrogens is 196 g/mol. The van der Waals surface area contributed by atoms with E-state index >= 15 is 0 Å². The van der Waals surface area contributed by atoms with E-state index in [0.717, 1.165) is 16.6 Å². The first kappa shape index (κ1) is 11.5. The second-order valence-electron chi connectivity index (χ2n) is 4.68. The summed E-state index contributed by atoms with van der Waals surface area (Å²) in [6.45, 7) is 7.64. The number of thiazole rings is 1. The summed E-state index contributed by atoms with van der Waals surface area (Å²) in [5, 5.41) is 9.89. The Balaban J connectivity index is 2.65. The molecule has 0 fully saturated rings. The summed E-state index contributed by atoms with van der Waals surface area (Å²) in [5.41, 5.74) is 0.264. The predicted molar refractivity (Wildman–Crippen MR) is 60.8 cm³/mol. The van der Waals surface area contributed by atoms with Crippen molar-refractivity contribution in [2.45, 2.75) is 27.4 Å². The minimum atomic E-state index is 0.0843. The standard InChI is InChI=1S/C10H18N2OS/c1-10(2,3)7-12(4)9-11-5-8(6-13)14-9/h5,13H,6-7H2,1-4H3. The van der Waals surface area contributed by atoms with E-state index in [9.17, 15) is 0 Å². The molecule has 0 aromatic carbocycles. The molecule has 0 aliphatic rings. The molecule has 1 aromatic rings. The van der Waals surface area contributed by atoms with Crippen LogP contribution >= 0.6 is 11.3 Å². The summed E-state index contributed by atoms with van der Waals surface area (Å²) in [4.78, 5) is 7.30. The lowest BCUT2D eigenvalue weighted by molar-refractivity contribution is 0.285. The van der Waals surface area contributed by atoms with Crippen molar-refractivity contribution in [1.29, 1.82) is 0 Å². The molecule has 0 aliphatic carbocycles. The van der Waals surface area contributed by atoms with Crippen LogP contribution in [0.15, 0.2) is 6.20 Å². The first-order valence-electron chi connectivity index (χ1n) is 4.69. The normalized spacial score (nSPS) is 11.8. The highest BCUT2D eigenvalue weighted by atomic mass is 32.1. The number of aromatic nitrogens is 1. The lowest BCUT2D eigenvalue weighted by Crippen LogP contribution is -2.28. The van der Waals surface area contributed by atoms with Crippen molar-refractivity contribution >= 4 is 16.5 Å². The van der Waals surface area contributed by atoms with Crippen LogP contribution in [0.1, 0.15) is 25.6 Å². The molecule has 1 heterocycles. The second-order valence-corrected chi connectivity index (χ2v) is 5.78. The van der Waals surface area contributed by atoms with Crippen LogP contribution < -0.4 is 4.90 Å². The lowest BCUT2D eigenvalue weighted by atomic mass is 9.96. The number of aliphatic hydroxyl groups is 1. The van der Waals surface area contributed by atoms with Gasteiger partial charge in [0.25, 0.3) is 0 Å². The van der Waals surface area contributed by atoms with Gasteiger partial charge in [0.1, 0.15) is 0 Å². The van der Waals surface area contributed by atoms with Gasteiger partial charge in [-0.1, -0.05) is 32.1 Å². The van der Waals surface area contributed by atoms with Crippen LogP contribution in [0.25, 0.3) is 0 Å². The molecule has 0 saturated heterocycles. The van der Waals surface area contributed by atoms with Crippen LogP contribution in [0.4, 0.5) is 5.13 Å². The SMILES string of the molecule is CN(CC(C)(C)C)c1ncc(CO)s1. The Morgan fingerprint density at radius 2 is 2.14 bits per heavy atom. The summed E-state index contributed by atoms with van der Waals surface area (Å²) in [5.74, 6) is 0. The number of anilines is 1. The Morgan fingerprint density at radius 3 is 2.57 bits per heavy atom. The quantitative estimate of drug-likeness (QED) is 0.837. The van der Waals surface area contributed by atoms with E-state index < -0.39 is 0 Å².